The van der Waals surface area contributed by atoms with E-state index in [9.17, 15) is 0 Å². The smallest absolute Gasteiger partial charge is 0.0561 e. The third kappa shape index (κ3) is 5.43. The number of allylic oxidation sites excluding steroid dienone is 7. The molecule has 286 valence electrons. The van der Waals surface area contributed by atoms with Crippen molar-refractivity contribution in [3.05, 3.63) is 198 Å². The van der Waals surface area contributed by atoms with E-state index in [0.717, 1.165) is 32.1 Å². The van der Waals surface area contributed by atoms with Gasteiger partial charge in [0.05, 0.1) is 28.6 Å². The van der Waals surface area contributed by atoms with Gasteiger partial charge in [-0.25, -0.2) is 0 Å². The van der Waals surface area contributed by atoms with Crippen LogP contribution in [0, 0.1) is 5.92 Å². The van der Waals surface area contributed by atoms with Crippen molar-refractivity contribution in [2.24, 2.45) is 5.92 Å². The van der Waals surface area contributed by atoms with Gasteiger partial charge in [0.25, 0.3) is 0 Å². The Morgan fingerprint density at radius 1 is 0.542 bits per heavy atom. The molecule has 0 spiro atoms. The fraction of sp³-hybridized carbons (Fsp3) is 0.164. The van der Waals surface area contributed by atoms with Gasteiger partial charge in [0.1, 0.15) is 0 Å². The van der Waals surface area contributed by atoms with Crippen molar-refractivity contribution < 1.29 is 0 Å². The Morgan fingerprint density at radius 3 is 1.86 bits per heavy atom. The molecule has 5 aromatic carbocycles. The largest absolute Gasteiger partial charge is 0.337 e. The van der Waals surface area contributed by atoms with E-state index in [1.165, 1.54) is 88.9 Å². The van der Waals surface area contributed by atoms with Crippen molar-refractivity contribution in [1.29, 1.82) is 0 Å². The van der Waals surface area contributed by atoms with Crippen molar-refractivity contribution in [1.82, 2.24) is 13.7 Å². The zero-order valence-electron chi connectivity index (χ0n) is 33.4. The Labute approximate surface area is 345 Å². The lowest BCUT2D eigenvalue weighted by molar-refractivity contribution is 0.569. The quantitative estimate of drug-likeness (QED) is 0.165. The molecule has 0 amide bonds. The molecule has 4 aliphatic carbocycles. The zero-order valence-corrected chi connectivity index (χ0v) is 33.4. The maximum Gasteiger partial charge on any atom is 0.0561 e. The number of hydrogen-bond donors (Lipinski definition) is 0. The van der Waals surface area contributed by atoms with E-state index in [-0.39, 0.29) is 12.1 Å². The van der Waals surface area contributed by atoms with Crippen molar-refractivity contribution in [2.45, 2.75) is 51.1 Å². The van der Waals surface area contributed by atoms with Crippen LogP contribution in [0.4, 0.5) is 5.69 Å². The highest BCUT2D eigenvalue weighted by Crippen LogP contribution is 2.41. The van der Waals surface area contributed by atoms with Crippen molar-refractivity contribution in [2.75, 3.05) is 4.90 Å². The third-order valence-corrected chi connectivity index (χ3v) is 13.3. The molecule has 3 unspecified atom stereocenters. The molecule has 3 atom stereocenters. The lowest BCUT2D eigenvalue weighted by Crippen LogP contribution is -2.34. The topological polar surface area (TPSA) is 18.0 Å². The van der Waals surface area contributed by atoms with E-state index in [0.29, 0.717) is 5.92 Å². The highest BCUT2D eigenvalue weighted by molar-refractivity contribution is 6.09. The standard InChI is InChI=1S/C55H46N4/c1-37-22-35-49-48-16-6-11-21-54(48)59(55(49)36-37)43-33-27-40(28-34-43)56(38-23-29-41(30-24-38)57-50-17-7-2-12-44(50)45-13-3-8-18-51(45)57)39-25-31-42(32-26-39)58-52-19-9-4-14-46(52)47-15-5-10-20-53(47)58/h2-9,11-19,21-25,27-33,35,37,39,43H,10,20,26,34,36H2,1H3. The van der Waals surface area contributed by atoms with Gasteiger partial charge in [-0.3, -0.25) is 0 Å². The van der Waals surface area contributed by atoms with E-state index >= 15 is 0 Å². The van der Waals surface area contributed by atoms with Gasteiger partial charge >= 0.3 is 0 Å². The molecule has 0 radical (unpaired) electrons. The summed E-state index contributed by atoms with van der Waals surface area (Å²) >= 11 is 0. The molecular weight excluding hydrogens is 717 g/mol. The molecule has 0 saturated heterocycles. The number of aromatic nitrogens is 3. The van der Waals surface area contributed by atoms with Gasteiger partial charge in [-0.2, -0.15) is 0 Å². The maximum atomic E-state index is 2.63. The van der Waals surface area contributed by atoms with Crippen molar-refractivity contribution in [3.8, 4) is 5.69 Å². The number of para-hydroxylation sites is 4. The molecule has 8 aromatic rings. The van der Waals surface area contributed by atoms with Gasteiger partial charge in [-0.1, -0.05) is 128 Å². The van der Waals surface area contributed by atoms with Gasteiger partial charge in [0.15, 0.2) is 0 Å². The monoisotopic (exact) mass is 762 g/mol. The lowest BCUT2D eigenvalue weighted by Gasteiger charge is -2.36. The van der Waals surface area contributed by atoms with Crippen molar-refractivity contribution >= 4 is 67.1 Å². The van der Waals surface area contributed by atoms with Crippen LogP contribution in [0.15, 0.2) is 176 Å². The summed E-state index contributed by atoms with van der Waals surface area (Å²) in [5, 5.41) is 5.27. The van der Waals surface area contributed by atoms with E-state index in [2.05, 4.69) is 208 Å². The predicted octanol–water partition coefficient (Wildman–Crippen LogP) is 13.6. The molecular formula is C55H46N4. The summed E-state index contributed by atoms with van der Waals surface area (Å²) in [6.07, 6.45) is 29.1. The first kappa shape index (κ1) is 34.3. The van der Waals surface area contributed by atoms with Crippen LogP contribution < -0.4 is 4.90 Å². The first-order chi connectivity index (χ1) is 29.2. The Hall–Kier alpha value is -6.78. The molecule has 3 aromatic heterocycles. The summed E-state index contributed by atoms with van der Waals surface area (Å²) in [5.74, 6) is 0.535. The fourth-order valence-electron chi connectivity index (χ4n) is 10.6. The van der Waals surface area contributed by atoms with E-state index in [1.54, 1.807) is 0 Å². The summed E-state index contributed by atoms with van der Waals surface area (Å²) in [7, 11) is 0. The van der Waals surface area contributed by atoms with Crippen LogP contribution in [-0.2, 0) is 12.8 Å². The number of nitrogens with zero attached hydrogens (tertiary/aromatic N) is 4. The van der Waals surface area contributed by atoms with Crippen LogP contribution in [0.25, 0.3) is 67.1 Å². The van der Waals surface area contributed by atoms with Crippen LogP contribution in [0.2, 0.25) is 0 Å². The first-order valence-electron chi connectivity index (χ1n) is 21.4. The Morgan fingerprint density at radius 2 is 1.19 bits per heavy atom. The molecule has 0 N–H and O–H groups in total. The molecule has 0 aliphatic heterocycles. The summed E-state index contributed by atoms with van der Waals surface area (Å²) in [6, 6.07) is 45.1. The summed E-state index contributed by atoms with van der Waals surface area (Å²) in [6.45, 7) is 2.34. The number of benzene rings is 5. The number of anilines is 1. The molecule has 0 bridgehead atoms. The van der Waals surface area contributed by atoms with Gasteiger partial charge < -0.3 is 18.6 Å². The van der Waals surface area contributed by atoms with E-state index < -0.39 is 0 Å². The maximum absolute atomic E-state index is 2.63. The average molecular weight is 763 g/mol. The Kier molecular flexibility index (Phi) is 7.94. The highest BCUT2D eigenvalue weighted by Gasteiger charge is 2.28. The molecule has 59 heavy (non-hydrogen) atoms. The van der Waals surface area contributed by atoms with Crippen LogP contribution in [0.1, 0.15) is 54.7 Å². The van der Waals surface area contributed by atoms with Gasteiger partial charge in [0, 0.05) is 72.3 Å². The van der Waals surface area contributed by atoms with E-state index in [4.69, 9.17) is 0 Å². The average Bonchev–Trinajstić information content (AvgIpc) is 3.93. The predicted molar refractivity (Wildman–Crippen MR) is 249 cm³/mol. The Balaban J connectivity index is 0.927. The minimum absolute atomic E-state index is 0.161. The molecule has 4 nitrogen and oxygen atoms in total. The second kappa shape index (κ2) is 13.7. The molecule has 3 heterocycles. The summed E-state index contributed by atoms with van der Waals surface area (Å²) in [5.41, 5.74) is 15.7. The second-order valence-electron chi connectivity index (χ2n) is 16.8. The molecule has 4 heteroatoms. The number of fused-ring (bicyclic) bond motifs is 9. The first-order valence-corrected chi connectivity index (χ1v) is 21.4. The summed E-state index contributed by atoms with van der Waals surface area (Å²) < 4.78 is 7.56. The molecule has 0 saturated carbocycles. The van der Waals surface area contributed by atoms with Gasteiger partial charge in [0.2, 0.25) is 0 Å². The van der Waals surface area contributed by atoms with Crippen LogP contribution >= 0.6 is 0 Å². The normalized spacial score (nSPS) is 19.7. The highest BCUT2D eigenvalue weighted by atomic mass is 15.2. The zero-order chi connectivity index (χ0) is 39.0. The van der Waals surface area contributed by atoms with Crippen LogP contribution in [0.5, 0.6) is 0 Å². The minimum atomic E-state index is 0.161. The number of rotatable bonds is 6. The van der Waals surface area contributed by atoms with Crippen LogP contribution in [-0.4, -0.2) is 19.7 Å². The van der Waals surface area contributed by atoms with Gasteiger partial charge in [-0.05, 0) is 98.7 Å². The SMILES string of the molecule is CC1C=Cc2c(n(C3C=CC(N(c4ccc(-n5c6ccccc6c6ccccc65)cc4)C4C=CC(n5c6c(c7ccccc75)C=CCC6)=CC4)=CC3)c3ccccc23)C1. The molecule has 4 aliphatic rings. The summed E-state index contributed by atoms with van der Waals surface area (Å²) in [4.78, 5) is 2.58. The molecule has 12 rings (SSSR count). The van der Waals surface area contributed by atoms with Crippen molar-refractivity contribution in [3.63, 3.8) is 0 Å². The minimum Gasteiger partial charge on any atom is -0.337 e. The van der Waals surface area contributed by atoms with Crippen LogP contribution in [0.3, 0.4) is 0 Å². The Bertz CT molecular complexity index is 3110. The lowest BCUT2D eigenvalue weighted by atomic mass is 9.94. The third-order valence-electron chi connectivity index (χ3n) is 13.3. The van der Waals surface area contributed by atoms with E-state index in [1.807, 2.05) is 0 Å². The molecule has 0 fully saturated rings. The second-order valence-corrected chi connectivity index (χ2v) is 16.8. The van der Waals surface area contributed by atoms with Gasteiger partial charge in [-0.15, -0.1) is 0 Å². The number of hydrogen-bond acceptors (Lipinski definition) is 1. The fourth-order valence-corrected chi connectivity index (χ4v) is 10.6.